The Kier molecular flexibility index (Phi) is 3.82. The number of benzene rings is 2. The monoisotopic (exact) mass is 255 g/mol. The molecule has 19 heavy (non-hydrogen) atoms. The average molecular weight is 255 g/mol. The molecule has 0 aromatic heterocycles. The molecular formula is C16H14FNO. The number of halogens is 1. The molecule has 0 N–H and O–H groups in total. The molecule has 0 heterocycles. The Morgan fingerprint density at radius 2 is 2.00 bits per heavy atom. The van der Waals surface area contributed by atoms with Gasteiger partial charge in [-0.05, 0) is 31.5 Å². The van der Waals surface area contributed by atoms with Crippen LogP contribution in [0.25, 0.3) is 0 Å². The van der Waals surface area contributed by atoms with Gasteiger partial charge in [-0.25, -0.2) is 4.39 Å². The average Bonchev–Trinajstić information content (AvgIpc) is 2.39. The van der Waals surface area contributed by atoms with Crippen LogP contribution in [0.15, 0.2) is 36.4 Å². The largest absolute Gasteiger partial charge is 0.489 e. The van der Waals surface area contributed by atoms with E-state index < -0.39 is 5.82 Å². The predicted molar refractivity (Wildman–Crippen MR) is 71.4 cm³/mol. The fourth-order valence-corrected chi connectivity index (χ4v) is 1.89. The van der Waals surface area contributed by atoms with Crippen LogP contribution in [0.5, 0.6) is 5.75 Å². The van der Waals surface area contributed by atoms with E-state index in [1.807, 2.05) is 38.1 Å². The smallest absolute Gasteiger partial charge is 0.147 e. The van der Waals surface area contributed by atoms with Gasteiger partial charge in [-0.1, -0.05) is 29.8 Å². The van der Waals surface area contributed by atoms with Crippen LogP contribution in [-0.2, 0) is 6.61 Å². The van der Waals surface area contributed by atoms with Crippen LogP contribution >= 0.6 is 0 Å². The van der Waals surface area contributed by atoms with E-state index >= 15 is 0 Å². The fraction of sp³-hybridized carbons (Fsp3) is 0.188. The van der Waals surface area contributed by atoms with Gasteiger partial charge in [-0.3, -0.25) is 0 Å². The molecular weight excluding hydrogens is 241 g/mol. The van der Waals surface area contributed by atoms with Crippen molar-refractivity contribution in [2.75, 3.05) is 0 Å². The molecule has 0 aliphatic carbocycles. The van der Waals surface area contributed by atoms with E-state index in [2.05, 4.69) is 0 Å². The van der Waals surface area contributed by atoms with E-state index in [-0.39, 0.29) is 12.2 Å². The Hall–Kier alpha value is -2.34. The van der Waals surface area contributed by atoms with Crippen molar-refractivity contribution in [2.24, 2.45) is 0 Å². The van der Waals surface area contributed by atoms with Crippen LogP contribution in [-0.4, -0.2) is 0 Å². The molecule has 2 aromatic rings. The Bertz CT molecular complexity index is 644. The predicted octanol–water partition coefficient (Wildman–Crippen LogP) is 3.89. The van der Waals surface area contributed by atoms with E-state index in [0.717, 1.165) is 16.9 Å². The summed E-state index contributed by atoms with van der Waals surface area (Å²) in [6, 6.07) is 12.4. The minimum Gasteiger partial charge on any atom is -0.489 e. The van der Waals surface area contributed by atoms with Crippen molar-refractivity contribution in [3.8, 4) is 11.8 Å². The molecule has 0 unspecified atom stereocenters. The van der Waals surface area contributed by atoms with Crippen molar-refractivity contribution < 1.29 is 9.13 Å². The Balaban J connectivity index is 2.17. The SMILES string of the molecule is Cc1ccc(OCc2cccc(C#N)c2F)c(C)c1. The highest BCUT2D eigenvalue weighted by Crippen LogP contribution is 2.21. The first kappa shape index (κ1) is 13.1. The van der Waals surface area contributed by atoms with Gasteiger partial charge in [-0.2, -0.15) is 5.26 Å². The molecule has 0 aliphatic heterocycles. The molecule has 2 rings (SSSR count). The minimum absolute atomic E-state index is 0.0433. The van der Waals surface area contributed by atoms with Gasteiger partial charge in [-0.15, -0.1) is 0 Å². The van der Waals surface area contributed by atoms with E-state index in [1.54, 1.807) is 12.1 Å². The van der Waals surface area contributed by atoms with Crippen molar-refractivity contribution in [1.29, 1.82) is 5.26 Å². The zero-order chi connectivity index (χ0) is 13.8. The lowest BCUT2D eigenvalue weighted by Gasteiger charge is -2.10. The van der Waals surface area contributed by atoms with Crippen molar-refractivity contribution in [1.82, 2.24) is 0 Å². The van der Waals surface area contributed by atoms with Gasteiger partial charge >= 0.3 is 0 Å². The summed E-state index contributed by atoms with van der Waals surface area (Å²) in [7, 11) is 0. The highest BCUT2D eigenvalue weighted by atomic mass is 19.1. The second-order valence-corrected chi connectivity index (χ2v) is 4.45. The van der Waals surface area contributed by atoms with Crippen LogP contribution in [0.2, 0.25) is 0 Å². The van der Waals surface area contributed by atoms with Gasteiger partial charge in [0, 0.05) is 5.56 Å². The molecule has 0 saturated carbocycles. The van der Waals surface area contributed by atoms with Crippen molar-refractivity contribution in [2.45, 2.75) is 20.5 Å². The lowest BCUT2D eigenvalue weighted by Crippen LogP contribution is -2.01. The molecule has 2 aromatic carbocycles. The molecule has 3 heteroatoms. The number of hydrogen-bond acceptors (Lipinski definition) is 2. The third kappa shape index (κ3) is 2.92. The molecule has 0 saturated heterocycles. The maximum absolute atomic E-state index is 13.8. The highest BCUT2D eigenvalue weighted by Gasteiger charge is 2.08. The zero-order valence-electron chi connectivity index (χ0n) is 10.9. The Morgan fingerprint density at radius 1 is 1.21 bits per heavy atom. The topological polar surface area (TPSA) is 33.0 Å². The standard InChI is InChI=1S/C16H14FNO/c1-11-6-7-15(12(2)8-11)19-10-14-5-3-4-13(9-18)16(14)17/h3-8H,10H2,1-2H3. The normalized spacial score (nSPS) is 10.0. The molecule has 0 amide bonds. The Labute approximate surface area is 112 Å². The van der Waals surface area contributed by atoms with Crippen molar-refractivity contribution >= 4 is 0 Å². The summed E-state index contributed by atoms with van der Waals surface area (Å²) in [6.07, 6.45) is 0. The van der Waals surface area contributed by atoms with E-state index in [4.69, 9.17) is 10.00 Å². The molecule has 0 bridgehead atoms. The number of rotatable bonds is 3. The first-order chi connectivity index (χ1) is 9.11. The first-order valence-electron chi connectivity index (χ1n) is 5.99. The lowest BCUT2D eigenvalue weighted by atomic mass is 10.1. The lowest BCUT2D eigenvalue weighted by molar-refractivity contribution is 0.297. The van der Waals surface area contributed by atoms with Gasteiger partial charge in [0.2, 0.25) is 0 Å². The van der Waals surface area contributed by atoms with Crippen molar-refractivity contribution in [3.05, 3.63) is 64.5 Å². The summed E-state index contributed by atoms with van der Waals surface area (Å²) < 4.78 is 19.4. The molecule has 0 fully saturated rings. The fourth-order valence-electron chi connectivity index (χ4n) is 1.89. The van der Waals surface area contributed by atoms with Crippen LogP contribution in [0.4, 0.5) is 4.39 Å². The third-order valence-electron chi connectivity index (χ3n) is 2.91. The highest BCUT2D eigenvalue weighted by molar-refractivity contribution is 5.37. The van der Waals surface area contributed by atoms with Gasteiger partial charge in [0.1, 0.15) is 24.2 Å². The van der Waals surface area contributed by atoms with E-state index in [1.165, 1.54) is 6.07 Å². The summed E-state index contributed by atoms with van der Waals surface area (Å²) in [6.45, 7) is 4.07. The number of aryl methyl sites for hydroxylation is 2. The molecule has 0 spiro atoms. The number of hydrogen-bond donors (Lipinski definition) is 0. The first-order valence-corrected chi connectivity index (χ1v) is 5.99. The van der Waals surface area contributed by atoms with Gasteiger partial charge in [0.25, 0.3) is 0 Å². The summed E-state index contributed by atoms with van der Waals surface area (Å²) >= 11 is 0. The summed E-state index contributed by atoms with van der Waals surface area (Å²) in [5.41, 5.74) is 2.60. The maximum atomic E-state index is 13.8. The van der Waals surface area contributed by atoms with E-state index in [9.17, 15) is 4.39 Å². The van der Waals surface area contributed by atoms with Crippen LogP contribution < -0.4 is 4.74 Å². The molecule has 96 valence electrons. The summed E-state index contributed by atoms with van der Waals surface area (Å²) in [4.78, 5) is 0. The van der Waals surface area contributed by atoms with Crippen LogP contribution in [0, 0.1) is 31.0 Å². The van der Waals surface area contributed by atoms with E-state index in [0.29, 0.717) is 5.56 Å². The Morgan fingerprint density at radius 3 is 2.68 bits per heavy atom. The quantitative estimate of drug-likeness (QED) is 0.833. The molecule has 0 atom stereocenters. The molecule has 2 nitrogen and oxygen atoms in total. The van der Waals surface area contributed by atoms with Gasteiger partial charge in [0.05, 0.1) is 5.56 Å². The minimum atomic E-state index is -0.505. The number of ether oxygens (including phenoxy) is 1. The van der Waals surface area contributed by atoms with Gasteiger partial charge in [0.15, 0.2) is 0 Å². The summed E-state index contributed by atoms with van der Waals surface area (Å²) in [5.74, 6) is 0.224. The number of nitriles is 1. The zero-order valence-corrected chi connectivity index (χ0v) is 10.9. The molecule has 0 aliphatic rings. The second-order valence-electron chi connectivity index (χ2n) is 4.45. The number of nitrogens with zero attached hydrogens (tertiary/aromatic N) is 1. The molecule has 0 radical (unpaired) electrons. The van der Waals surface area contributed by atoms with Gasteiger partial charge < -0.3 is 4.74 Å². The van der Waals surface area contributed by atoms with Crippen molar-refractivity contribution in [3.63, 3.8) is 0 Å². The van der Waals surface area contributed by atoms with Crippen LogP contribution in [0.1, 0.15) is 22.3 Å². The summed E-state index contributed by atoms with van der Waals surface area (Å²) in [5, 5.41) is 8.77. The maximum Gasteiger partial charge on any atom is 0.147 e. The van der Waals surface area contributed by atoms with Crippen LogP contribution in [0.3, 0.4) is 0 Å². The third-order valence-corrected chi connectivity index (χ3v) is 2.91. The second kappa shape index (κ2) is 5.53.